The van der Waals surface area contributed by atoms with Crippen molar-refractivity contribution >= 4 is 33.9 Å². The van der Waals surface area contributed by atoms with Gasteiger partial charge in [0.05, 0.1) is 0 Å². The summed E-state index contributed by atoms with van der Waals surface area (Å²) in [6.45, 7) is 2.00. The quantitative estimate of drug-likeness (QED) is 0.609. The molecule has 0 amide bonds. The lowest BCUT2D eigenvalue weighted by atomic mass is 10.1. The summed E-state index contributed by atoms with van der Waals surface area (Å²) in [6, 6.07) is 15.3. The summed E-state index contributed by atoms with van der Waals surface area (Å²) in [6.07, 6.45) is 1.72. The van der Waals surface area contributed by atoms with E-state index in [-0.39, 0.29) is 0 Å². The fourth-order valence-corrected chi connectivity index (χ4v) is 2.37. The molecule has 0 spiro atoms. The zero-order valence-electron chi connectivity index (χ0n) is 11.3. The summed E-state index contributed by atoms with van der Waals surface area (Å²) in [4.78, 5) is 16.2. The molecule has 0 N–H and O–H groups in total. The lowest BCUT2D eigenvalue weighted by Gasteiger charge is -1.99. The molecule has 2 aromatic rings. The van der Waals surface area contributed by atoms with Crippen molar-refractivity contribution in [2.24, 2.45) is 4.99 Å². The zero-order valence-corrected chi connectivity index (χ0v) is 12.9. The molecule has 3 nitrogen and oxygen atoms in total. The standard InChI is InChI=1S/C17H12BrNO2/c1-11-6-8-12(9-7-11)16-19-15(17(20)21-16)10-13-4-2-3-5-14(13)18/h2-10H,1H3. The summed E-state index contributed by atoms with van der Waals surface area (Å²) >= 11 is 3.45. The van der Waals surface area contributed by atoms with Crippen molar-refractivity contribution in [2.45, 2.75) is 6.92 Å². The van der Waals surface area contributed by atoms with Gasteiger partial charge in [0.15, 0.2) is 5.70 Å². The number of aryl methyl sites for hydroxylation is 1. The number of halogens is 1. The van der Waals surface area contributed by atoms with Crippen molar-refractivity contribution in [3.63, 3.8) is 0 Å². The van der Waals surface area contributed by atoms with Crippen LogP contribution in [0.1, 0.15) is 16.7 Å². The van der Waals surface area contributed by atoms with Crippen LogP contribution in [0.5, 0.6) is 0 Å². The Kier molecular flexibility index (Phi) is 3.71. The van der Waals surface area contributed by atoms with Crippen molar-refractivity contribution in [1.29, 1.82) is 0 Å². The molecule has 3 rings (SSSR count). The minimum atomic E-state index is -0.429. The van der Waals surface area contributed by atoms with E-state index in [1.807, 2.05) is 55.5 Å². The molecule has 0 unspecified atom stereocenters. The van der Waals surface area contributed by atoms with Gasteiger partial charge in [0.25, 0.3) is 0 Å². The predicted molar refractivity (Wildman–Crippen MR) is 85.9 cm³/mol. The second-order valence-corrected chi connectivity index (χ2v) is 5.58. The maximum absolute atomic E-state index is 11.9. The topological polar surface area (TPSA) is 38.7 Å². The summed E-state index contributed by atoms with van der Waals surface area (Å²) in [5.41, 5.74) is 3.13. The number of rotatable bonds is 2. The fourth-order valence-electron chi connectivity index (χ4n) is 1.97. The van der Waals surface area contributed by atoms with E-state index >= 15 is 0 Å². The second kappa shape index (κ2) is 5.66. The van der Waals surface area contributed by atoms with E-state index in [1.54, 1.807) is 6.08 Å². The number of ether oxygens (including phenoxy) is 1. The van der Waals surface area contributed by atoms with Crippen LogP contribution < -0.4 is 0 Å². The highest BCUT2D eigenvalue weighted by atomic mass is 79.9. The first-order valence-electron chi connectivity index (χ1n) is 6.47. The molecule has 1 heterocycles. The normalized spacial score (nSPS) is 16.0. The van der Waals surface area contributed by atoms with E-state index in [1.165, 1.54) is 0 Å². The number of carbonyl (C=O) groups is 1. The predicted octanol–water partition coefficient (Wildman–Crippen LogP) is 4.10. The Morgan fingerprint density at radius 2 is 1.81 bits per heavy atom. The van der Waals surface area contributed by atoms with Gasteiger partial charge in [-0.2, -0.15) is 0 Å². The van der Waals surface area contributed by atoms with Crippen molar-refractivity contribution in [1.82, 2.24) is 0 Å². The van der Waals surface area contributed by atoms with Crippen LogP contribution in [0.2, 0.25) is 0 Å². The average molecular weight is 342 g/mol. The number of cyclic esters (lactones) is 1. The first kappa shape index (κ1) is 13.8. The van der Waals surface area contributed by atoms with Crippen LogP contribution in [0.3, 0.4) is 0 Å². The van der Waals surface area contributed by atoms with E-state index in [9.17, 15) is 4.79 Å². The molecule has 4 heteroatoms. The third-order valence-corrected chi connectivity index (χ3v) is 3.84. The SMILES string of the molecule is Cc1ccc(C2=NC(=Cc3ccccc3Br)C(=O)O2)cc1. The molecular formula is C17H12BrNO2. The summed E-state index contributed by atoms with van der Waals surface area (Å²) < 4.78 is 6.15. The van der Waals surface area contributed by atoms with E-state index < -0.39 is 5.97 Å². The average Bonchev–Trinajstić information content (AvgIpc) is 2.83. The molecule has 0 saturated heterocycles. The van der Waals surface area contributed by atoms with E-state index in [2.05, 4.69) is 20.9 Å². The monoisotopic (exact) mass is 341 g/mol. The number of benzene rings is 2. The third kappa shape index (κ3) is 2.95. The fraction of sp³-hybridized carbons (Fsp3) is 0.0588. The molecule has 0 aromatic heterocycles. The molecule has 21 heavy (non-hydrogen) atoms. The van der Waals surface area contributed by atoms with Gasteiger partial charge in [0, 0.05) is 10.0 Å². The van der Waals surface area contributed by atoms with Crippen LogP contribution in [0.4, 0.5) is 0 Å². The summed E-state index contributed by atoms with van der Waals surface area (Å²) in [7, 11) is 0. The highest BCUT2D eigenvalue weighted by Crippen LogP contribution is 2.23. The van der Waals surface area contributed by atoms with Crippen molar-refractivity contribution in [3.8, 4) is 0 Å². The van der Waals surface area contributed by atoms with Gasteiger partial charge in [-0.15, -0.1) is 0 Å². The molecule has 104 valence electrons. The summed E-state index contributed by atoms with van der Waals surface area (Å²) in [5, 5.41) is 0. The first-order valence-corrected chi connectivity index (χ1v) is 7.27. The molecule has 0 radical (unpaired) electrons. The smallest absolute Gasteiger partial charge is 0.363 e. The van der Waals surface area contributed by atoms with E-state index in [0.29, 0.717) is 11.6 Å². The Bertz CT molecular complexity index is 761. The van der Waals surface area contributed by atoms with E-state index in [4.69, 9.17) is 4.74 Å². The van der Waals surface area contributed by atoms with Gasteiger partial charge >= 0.3 is 5.97 Å². The van der Waals surface area contributed by atoms with Crippen LogP contribution in [0, 0.1) is 6.92 Å². The van der Waals surface area contributed by atoms with Gasteiger partial charge in [-0.05, 0) is 36.8 Å². The minimum Gasteiger partial charge on any atom is -0.402 e. The Morgan fingerprint density at radius 1 is 1.10 bits per heavy atom. The van der Waals surface area contributed by atoms with Crippen LogP contribution in [-0.4, -0.2) is 11.9 Å². The summed E-state index contributed by atoms with van der Waals surface area (Å²) in [5.74, 6) is -0.0837. The number of esters is 1. The van der Waals surface area contributed by atoms with Crippen LogP contribution in [0.25, 0.3) is 6.08 Å². The van der Waals surface area contributed by atoms with Crippen LogP contribution >= 0.6 is 15.9 Å². The molecule has 1 aliphatic rings. The minimum absolute atomic E-state index is 0.303. The third-order valence-electron chi connectivity index (χ3n) is 3.12. The van der Waals surface area contributed by atoms with Gasteiger partial charge in [-0.3, -0.25) is 0 Å². The number of hydrogen-bond acceptors (Lipinski definition) is 3. The zero-order chi connectivity index (χ0) is 14.8. The van der Waals surface area contributed by atoms with Crippen molar-refractivity contribution in [3.05, 3.63) is 75.4 Å². The van der Waals surface area contributed by atoms with Gasteiger partial charge in [-0.25, -0.2) is 9.79 Å². The van der Waals surface area contributed by atoms with Crippen molar-refractivity contribution in [2.75, 3.05) is 0 Å². The Balaban J connectivity index is 1.96. The molecule has 0 bridgehead atoms. The molecule has 0 aliphatic carbocycles. The number of aliphatic imine (C=N–C) groups is 1. The van der Waals surface area contributed by atoms with Gasteiger partial charge in [-0.1, -0.05) is 51.8 Å². The van der Waals surface area contributed by atoms with Crippen LogP contribution in [0.15, 0.2) is 63.7 Å². The highest BCUT2D eigenvalue weighted by molar-refractivity contribution is 9.10. The number of carbonyl (C=O) groups excluding carboxylic acids is 1. The lowest BCUT2D eigenvalue weighted by molar-refractivity contribution is -0.129. The molecule has 1 aliphatic heterocycles. The first-order chi connectivity index (χ1) is 10.1. The molecule has 0 fully saturated rings. The Labute approximate surface area is 131 Å². The molecular weight excluding hydrogens is 330 g/mol. The highest BCUT2D eigenvalue weighted by Gasteiger charge is 2.24. The molecule has 2 aromatic carbocycles. The maximum atomic E-state index is 11.9. The lowest BCUT2D eigenvalue weighted by Crippen LogP contribution is -2.05. The number of hydrogen-bond donors (Lipinski definition) is 0. The van der Waals surface area contributed by atoms with E-state index in [0.717, 1.165) is 21.2 Å². The van der Waals surface area contributed by atoms with Gasteiger partial charge in [0.1, 0.15) is 0 Å². The number of nitrogens with zero attached hydrogens (tertiary/aromatic N) is 1. The van der Waals surface area contributed by atoms with Gasteiger partial charge in [0.2, 0.25) is 5.90 Å². The molecule has 0 saturated carbocycles. The maximum Gasteiger partial charge on any atom is 0.363 e. The Morgan fingerprint density at radius 3 is 2.52 bits per heavy atom. The largest absolute Gasteiger partial charge is 0.402 e. The Hall–Kier alpha value is -2.20. The van der Waals surface area contributed by atoms with Crippen molar-refractivity contribution < 1.29 is 9.53 Å². The van der Waals surface area contributed by atoms with Crippen LogP contribution in [-0.2, 0) is 9.53 Å². The van der Waals surface area contributed by atoms with Gasteiger partial charge < -0.3 is 4.74 Å². The second-order valence-electron chi connectivity index (χ2n) is 4.72. The molecule has 0 atom stereocenters.